The van der Waals surface area contributed by atoms with E-state index in [1.807, 2.05) is 0 Å². The molecular formula is C28H34FNO4. The first-order chi connectivity index (χ1) is 16.3. The van der Waals surface area contributed by atoms with Gasteiger partial charge in [-0.2, -0.15) is 0 Å². The van der Waals surface area contributed by atoms with E-state index in [0.717, 1.165) is 49.0 Å². The maximum Gasteiger partial charge on any atom is 0.326 e. The van der Waals surface area contributed by atoms with Crippen LogP contribution in [0.15, 0.2) is 12.1 Å². The molecule has 7 aliphatic rings. The molecule has 1 aromatic rings. The predicted octanol–water partition coefficient (Wildman–Crippen LogP) is 5.38. The quantitative estimate of drug-likeness (QED) is 0.610. The third-order valence-electron chi connectivity index (χ3n) is 10.1. The topological polar surface area (TPSA) is 66.8 Å². The number of carboxylic acid groups (broad SMARTS) is 1. The predicted molar refractivity (Wildman–Crippen MR) is 123 cm³/mol. The van der Waals surface area contributed by atoms with Gasteiger partial charge in [0.25, 0.3) is 5.91 Å². The van der Waals surface area contributed by atoms with E-state index in [1.165, 1.54) is 49.5 Å². The Morgan fingerprint density at radius 1 is 1.03 bits per heavy atom. The number of halogens is 1. The van der Waals surface area contributed by atoms with Gasteiger partial charge in [0.1, 0.15) is 17.6 Å². The van der Waals surface area contributed by atoms with E-state index in [-0.39, 0.29) is 16.4 Å². The van der Waals surface area contributed by atoms with E-state index < -0.39 is 23.7 Å². The van der Waals surface area contributed by atoms with Crippen LogP contribution in [0.3, 0.4) is 0 Å². The number of carbonyl (C=O) groups is 2. The van der Waals surface area contributed by atoms with Crippen LogP contribution in [0.25, 0.3) is 0 Å². The van der Waals surface area contributed by atoms with E-state index in [9.17, 15) is 14.7 Å². The lowest BCUT2D eigenvalue weighted by Crippen LogP contribution is -2.48. The van der Waals surface area contributed by atoms with Gasteiger partial charge in [-0.1, -0.05) is 0 Å². The Labute approximate surface area is 200 Å². The standard InChI is InChI=1S/C28H34FNO4/c29-22-9-24(34-15-28-10-16-5-17(11-28)7-18(6-16)12-28)20(19-1-2-19)8-21(22)25(31)30-14-27(3-4-27)13-23(30)26(32)33/h8-9,16-19,23H,1-7,10-15H2,(H,32,33). The van der Waals surface area contributed by atoms with Gasteiger partial charge in [-0.25, -0.2) is 9.18 Å². The molecule has 1 amide bonds. The summed E-state index contributed by atoms with van der Waals surface area (Å²) in [5, 5.41) is 9.68. The van der Waals surface area contributed by atoms with E-state index in [4.69, 9.17) is 4.74 Å². The molecule has 34 heavy (non-hydrogen) atoms. The van der Waals surface area contributed by atoms with Gasteiger partial charge in [0, 0.05) is 18.0 Å². The van der Waals surface area contributed by atoms with Crippen molar-refractivity contribution in [2.45, 2.75) is 82.6 Å². The van der Waals surface area contributed by atoms with E-state index in [0.29, 0.717) is 31.2 Å². The summed E-state index contributed by atoms with van der Waals surface area (Å²) in [5.74, 6) is 1.37. The highest BCUT2D eigenvalue weighted by atomic mass is 19.1. The lowest BCUT2D eigenvalue weighted by Gasteiger charge is -2.56. The molecule has 8 rings (SSSR count). The Balaban J connectivity index is 1.14. The molecule has 6 saturated carbocycles. The Morgan fingerprint density at radius 3 is 2.24 bits per heavy atom. The molecule has 5 nitrogen and oxygen atoms in total. The first-order valence-electron chi connectivity index (χ1n) is 13.3. The second-order valence-electron chi connectivity index (χ2n) is 12.8. The highest BCUT2D eigenvalue weighted by molar-refractivity contribution is 5.97. The highest BCUT2D eigenvalue weighted by Crippen LogP contribution is 2.60. The van der Waals surface area contributed by atoms with Crippen molar-refractivity contribution < 1.29 is 23.8 Å². The average Bonchev–Trinajstić information content (AvgIpc) is 3.69. The molecule has 1 unspecified atom stereocenters. The SMILES string of the molecule is O=C(O)C1CC2(CC2)CN1C(=O)c1cc(C2CC2)c(OCC23CC4CC(CC(C4)C2)C3)cc1F. The van der Waals surface area contributed by atoms with Crippen LogP contribution >= 0.6 is 0 Å². The van der Waals surface area contributed by atoms with Crippen LogP contribution in [0.2, 0.25) is 0 Å². The van der Waals surface area contributed by atoms with Crippen LogP contribution in [-0.2, 0) is 4.79 Å². The molecule has 182 valence electrons. The summed E-state index contributed by atoms with van der Waals surface area (Å²) in [6.07, 6.45) is 12.3. The molecule has 1 heterocycles. The number of benzene rings is 1. The molecule has 0 aromatic heterocycles. The van der Waals surface area contributed by atoms with Gasteiger partial charge in [-0.05, 0) is 111 Å². The van der Waals surface area contributed by atoms with E-state index >= 15 is 4.39 Å². The summed E-state index contributed by atoms with van der Waals surface area (Å²) in [5.41, 5.74) is 1.12. The average molecular weight is 468 g/mol. The van der Waals surface area contributed by atoms with Gasteiger partial charge in [0.05, 0.1) is 12.2 Å². The van der Waals surface area contributed by atoms with Crippen molar-refractivity contribution in [3.05, 3.63) is 29.1 Å². The molecule has 4 bridgehead atoms. The van der Waals surface area contributed by atoms with Crippen LogP contribution in [0.1, 0.15) is 92.5 Å². The molecule has 1 N–H and O–H groups in total. The zero-order chi connectivity index (χ0) is 23.2. The zero-order valence-corrected chi connectivity index (χ0v) is 19.7. The van der Waals surface area contributed by atoms with Crippen molar-refractivity contribution in [3.63, 3.8) is 0 Å². The fourth-order valence-corrected chi connectivity index (χ4v) is 8.46. The molecular weight excluding hydrogens is 433 g/mol. The monoisotopic (exact) mass is 467 g/mol. The summed E-state index contributed by atoms with van der Waals surface area (Å²) in [6.45, 7) is 1.07. The van der Waals surface area contributed by atoms with Crippen LogP contribution in [-0.4, -0.2) is 41.1 Å². The van der Waals surface area contributed by atoms with E-state index in [2.05, 4.69) is 0 Å². The normalized spacial score (nSPS) is 36.8. The molecule has 1 aliphatic heterocycles. The third-order valence-corrected chi connectivity index (χ3v) is 10.1. The largest absolute Gasteiger partial charge is 0.493 e. The minimum Gasteiger partial charge on any atom is -0.493 e. The fraction of sp³-hybridized carbons (Fsp3) is 0.714. The van der Waals surface area contributed by atoms with Crippen LogP contribution in [0.4, 0.5) is 4.39 Å². The number of hydrogen-bond donors (Lipinski definition) is 1. The number of hydrogen-bond acceptors (Lipinski definition) is 3. The Morgan fingerprint density at radius 2 is 1.68 bits per heavy atom. The van der Waals surface area contributed by atoms with Crippen LogP contribution < -0.4 is 4.74 Å². The van der Waals surface area contributed by atoms with Crippen molar-refractivity contribution >= 4 is 11.9 Å². The number of nitrogens with zero attached hydrogens (tertiary/aromatic N) is 1. The Kier molecular flexibility index (Phi) is 4.49. The number of ether oxygens (including phenoxy) is 1. The van der Waals surface area contributed by atoms with Crippen molar-refractivity contribution in [2.24, 2.45) is 28.6 Å². The second kappa shape index (κ2) is 7.20. The molecule has 1 atom stereocenters. The van der Waals surface area contributed by atoms with Crippen molar-refractivity contribution in [1.29, 1.82) is 0 Å². The summed E-state index contributed by atoms with van der Waals surface area (Å²) in [7, 11) is 0. The lowest BCUT2D eigenvalue weighted by molar-refractivity contribution is -0.141. The second-order valence-corrected chi connectivity index (χ2v) is 12.8. The van der Waals surface area contributed by atoms with Crippen molar-refractivity contribution in [1.82, 2.24) is 4.90 Å². The van der Waals surface area contributed by atoms with Crippen LogP contribution in [0.5, 0.6) is 5.75 Å². The number of carbonyl (C=O) groups excluding carboxylic acids is 1. The highest BCUT2D eigenvalue weighted by Gasteiger charge is 2.56. The maximum atomic E-state index is 15.4. The number of aliphatic carboxylic acids is 1. The van der Waals surface area contributed by atoms with E-state index in [1.54, 1.807) is 6.07 Å². The van der Waals surface area contributed by atoms with Crippen LogP contribution in [0, 0.1) is 34.4 Å². The fourth-order valence-electron chi connectivity index (χ4n) is 8.46. The van der Waals surface area contributed by atoms with Gasteiger partial charge >= 0.3 is 5.97 Å². The molecule has 7 fully saturated rings. The number of amides is 1. The Bertz CT molecular complexity index is 1020. The van der Waals surface area contributed by atoms with Gasteiger partial charge in [-0.3, -0.25) is 4.79 Å². The first kappa shape index (κ1) is 21.2. The van der Waals surface area contributed by atoms with Gasteiger partial charge in [0.2, 0.25) is 0 Å². The molecule has 6 heteroatoms. The number of carboxylic acids is 1. The minimum absolute atomic E-state index is 0.00741. The summed E-state index contributed by atoms with van der Waals surface area (Å²) in [4.78, 5) is 26.6. The number of likely N-dealkylation sites (tertiary alicyclic amines) is 1. The van der Waals surface area contributed by atoms with Gasteiger partial charge < -0.3 is 14.7 Å². The molecule has 0 radical (unpaired) electrons. The molecule has 1 saturated heterocycles. The first-order valence-corrected chi connectivity index (χ1v) is 13.3. The molecule has 1 aromatic carbocycles. The number of rotatable bonds is 6. The van der Waals surface area contributed by atoms with Gasteiger partial charge in [-0.15, -0.1) is 0 Å². The van der Waals surface area contributed by atoms with Gasteiger partial charge in [0.15, 0.2) is 0 Å². The molecule has 6 aliphatic carbocycles. The third kappa shape index (κ3) is 3.46. The zero-order valence-electron chi connectivity index (χ0n) is 19.7. The summed E-state index contributed by atoms with van der Waals surface area (Å²) in [6, 6.07) is 2.24. The maximum absolute atomic E-state index is 15.4. The lowest BCUT2D eigenvalue weighted by atomic mass is 9.50. The van der Waals surface area contributed by atoms with Crippen molar-refractivity contribution in [3.8, 4) is 5.75 Å². The molecule has 1 spiro atoms. The Hall–Kier alpha value is -2.11. The minimum atomic E-state index is -0.990. The summed E-state index contributed by atoms with van der Waals surface area (Å²) < 4.78 is 21.8. The van der Waals surface area contributed by atoms with Crippen molar-refractivity contribution in [2.75, 3.05) is 13.2 Å². The smallest absolute Gasteiger partial charge is 0.326 e. The summed E-state index contributed by atoms with van der Waals surface area (Å²) >= 11 is 0.